The van der Waals surface area contributed by atoms with E-state index in [4.69, 9.17) is 14.2 Å². The maximum atomic E-state index is 12.4. The zero-order chi connectivity index (χ0) is 22.4. The van der Waals surface area contributed by atoms with E-state index in [-0.39, 0.29) is 11.7 Å². The first-order valence-corrected chi connectivity index (χ1v) is 10.7. The number of carbonyl (C=O) groups excluding carboxylic acids is 1. The molecule has 0 radical (unpaired) electrons. The zero-order valence-corrected chi connectivity index (χ0v) is 19.0. The maximum Gasteiger partial charge on any atom is 0.243 e. The SMILES string of the molecule is CCOc1nn(CC)cc1-c1nnc(SCC(=O)Nc2ccc(OC)c(OC)c2)n1C. The maximum absolute atomic E-state index is 12.4. The van der Waals surface area contributed by atoms with Crippen LogP contribution in [0, 0.1) is 0 Å². The molecule has 1 amide bonds. The van der Waals surface area contributed by atoms with E-state index in [9.17, 15) is 4.79 Å². The molecular formula is C20H26N6O4S. The summed E-state index contributed by atoms with van der Waals surface area (Å²) in [5.41, 5.74) is 1.38. The van der Waals surface area contributed by atoms with Crippen molar-refractivity contribution in [2.45, 2.75) is 25.5 Å². The smallest absolute Gasteiger partial charge is 0.243 e. The Balaban J connectivity index is 1.68. The third-order valence-corrected chi connectivity index (χ3v) is 5.43. The fourth-order valence-corrected chi connectivity index (χ4v) is 3.59. The van der Waals surface area contributed by atoms with Gasteiger partial charge in [-0.15, -0.1) is 15.3 Å². The Morgan fingerprint density at radius 2 is 1.94 bits per heavy atom. The van der Waals surface area contributed by atoms with Crippen LogP contribution in [0.2, 0.25) is 0 Å². The number of methoxy groups -OCH3 is 2. The van der Waals surface area contributed by atoms with E-state index in [0.717, 1.165) is 12.1 Å². The summed E-state index contributed by atoms with van der Waals surface area (Å²) in [5, 5.41) is 16.4. The highest BCUT2D eigenvalue weighted by atomic mass is 32.2. The van der Waals surface area contributed by atoms with Crippen molar-refractivity contribution >= 4 is 23.4 Å². The molecule has 166 valence electrons. The Hall–Kier alpha value is -3.21. The Morgan fingerprint density at radius 3 is 2.61 bits per heavy atom. The van der Waals surface area contributed by atoms with Crippen LogP contribution in [0.1, 0.15) is 13.8 Å². The van der Waals surface area contributed by atoms with Crippen LogP contribution < -0.4 is 19.5 Å². The molecule has 3 aromatic rings. The Morgan fingerprint density at radius 1 is 1.16 bits per heavy atom. The van der Waals surface area contributed by atoms with Gasteiger partial charge in [-0.3, -0.25) is 9.48 Å². The van der Waals surface area contributed by atoms with E-state index in [1.807, 2.05) is 31.7 Å². The molecule has 1 aromatic carbocycles. The van der Waals surface area contributed by atoms with Crippen molar-refractivity contribution in [1.82, 2.24) is 24.5 Å². The lowest BCUT2D eigenvalue weighted by Gasteiger charge is -2.10. The summed E-state index contributed by atoms with van der Waals surface area (Å²) in [5.74, 6) is 2.29. The Kier molecular flexibility index (Phi) is 7.40. The number of carbonyl (C=O) groups is 1. The van der Waals surface area contributed by atoms with Gasteiger partial charge in [-0.25, -0.2) is 0 Å². The van der Waals surface area contributed by atoms with Crippen LogP contribution in [0.3, 0.4) is 0 Å². The number of rotatable bonds is 10. The third-order valence-electron chi connectivity index (χ3n) is 4.41. The largest absolute Gasteiger partial charge is 0.493 e. The summed E-state index contributed by atoms with van der Waals surface area (Å²) in [6, 6.07) is 5.20. The molecule has 0 spiro atoms. The van der Waals surface area contributed by atoms with E-state index < -0.39 is 0 Å². The van der Waals surface area contributed by atoms with Crippen molar-refractivity contribution < 1.29 is 19.0 Å². The summed E-state index contributed by atoms with van der Waals surface area (Å²) >= 11 is 1.29. The van der Waals surface area contributed by atoms with Gasteiger partial charge in [0, 0.05) is 31.5 Å². The number of benzene rings is 1. The number of anilines is 1. The summed E-state index contributed by atoms with van der Waals surface area (Å²) in [4.78, 5) is 12.4. The van der Waals surface area contributed by atoms with E-state index in [2.05, 4.69) is 20.6 Å². The number of aryl methyl sites for hydroxylation is 1. The molecule has 2 heterocycles. The first kappa shape index (κ1) is 22.5. The molecule has 3 rings (SSSR count). The van der Waals surface area contributed by atoms with Crippen molar-refractivity contribution in [3.63, 3.8) is 0 Å². The van der Waals surface area contributed by atoms with Gasteiger partial charge in [0.1, 0.15) is 5.56 Å². The topological polar surface area (TPSA) is 105 Å². The number of hydrogen-bond donors (Lipinski definition) is 1. The van der Waals surface area contributed by atoms with Gasteiger partial charge in [-0.05, 0) is 26.0 Å². The highest BCUT2D eigenvalue weighted by Crippen LogP contribution is 2.31. The minimum absolute atomic E-state index is 0.171. The average molecular weight is 447 g/mol. The molecule has 0 bridgehead atoms. The van der Waals surface area contributed by atoms with Crippen LogP contribution >= 0.6 is 11.8 Å². The Labute approximate surface area is 184 Å². The van der Waals surface area contributed by atoms with Crippen LogP contribution in [0.15, 0.2) is 29.6 Å². The second-order valence-corrected chi connectivity index (χ2v) is 7.35. The highest BCUT2D eigenvalue weighted by molar-refractivity contribution is 7.99. The van der Waals surface area contributed by atoms with Gasteiger partial charge in [-0.2, -0.15) is 0 Å². The predicted octanol–water partition coefficient (Wildman–Crippen LogP) is 2.85. The monoisotopic (exact) mass is 446 g/mol. The predicted molar refractivity (Wildman–Crippen MR) is 118 cm³/mol. The van der Waals surface area contributed by atoms with E-state index in [1.54, 1.807) is 37.1 Å². The molecular weight excluding hydrogens is 420 g/mol. The summed E-state index contributed by atoms with van der Waals surface area (Å²) in [6.07, 6.45) is 1.88. The molecule has 31 heavy (non-hydrogen) atoms. The third kappa shape index (κ3) is 5.10. The van der Waals surface area contributed by atoms with Gasteiger partial charge in [0.05, 0.1) is 26.6 Å². The van der Waals surface area contributed by atoms with Gasteiger partial charge < -0.3 is 24.1 Å². The molecule has 0 saturated carbocycles. The van der Waals surface area contributed by atoms with Gasteiger partial charge in [0.15, 0.2) is 22.5 Å². The first-order valence-electron chi connectivity index (χ1n) is 9.75. The second-order valence-electron chi connectivity index (χ2n) is 6.41. The van der Waals surface area contributed by atoms with Gasteiger partial charge in [-0.1, -0.05) is 11.8 Å². The van der Waals surface area contributed by atoms with Crippen molar-refractivity contribution in [2.24, 2.45) is 7.05 Å². The molecule has 0 fully saturated rings. The number of hydrogen-bond acceptors (Lipinski definition) is 8. The van der Waals surface area contributed by atoms with Crippen molar-refractivity contribution in [1.29, 1.82) is 0 Å². The summed E-state index contributed by atoms with van der Waals surface area (Å²) in [6.45, 7) is 5.13. The van der Waals surface area contributed by atoms with Gasteiger partial charge in [0.2, 0.25) is 11.8 Å². The highest BCUT2D eigenvalue weighted by Gasteiger charge is 2.19. The van der Waals surface area contributed by atoms with Crippen molar-refractivity contribution in [3.8, 4) is 28.8 Å². The molecule has 1 N–H and O–H groups in total. The molecule has 0 aliphatic heterocycles. The number of nitrogens with zero attached hydrogens (tertiary/aromatic N) is 5. The first-order chi connectivity index (χ1) is 15.0. The molecule has 0 saturated heterocycles. The van der Waals surface area contributed by atoms with Gasteiger partial charge >= 0.3 is 0 Å². The minimum atomic E-state index is -0.171. The number of ether oxygens (including phenoxy) is 3. The lowest BCUT2D eigenvalue weighted by atomic mass is 10.2. The molecule has 10 nitrogen and oxygen atoms in total. The van der Waals surface area contributed by atoms with Crippen LogP contribution in [0.4, 0.5) is 5.69 Å². The number of nitrogens with one attached hydrogen (secondary N) is 1. The molecule has 0 atom stereocenters. The van der Waals surface area contributed by atoms with Crippen molar-refractivity contribution in [2.75, 3.05) is 31.9 Å². The lowest BCUT2D eigenvalue weighted by Crippen LogP contribution is -2.14. The number of thioether (sulfide) groups is 1. The van der Waals surface area contributed by atoms with E-state index in [0.29, 0.717) is 40.7 Å². The lowest BCUT2D eigenvalue weighted by molar-refractivity contribution is -0.113. The summed E-state index contributed by atoms with van der Waals surface area (Å²) < 4.78 is 19.7. The standard InChI is InChI=1S/C20H26N6O4S/c1-6-26-11-14(19(24-26)30-7-2)18-22-23-20(25(18)3)31-12-17(27)21-13-8-9-15(28-4)16(10-13)29-5/h8-11H,6-7,12H2,1-5H3,(H,21,27). The molecule has 0 aliphatic carbocycles. The molecule has 0 aliphatic rings. The Bertz CT molecular complexity index is 1050. The molecule has 2 aromatic heterocycles. The fraction of sp³-hybridized carbons (Fsp3) is 0.400. The minimum Gasteiger partial charge on any atom is -0.493 e. The molecule has 0 unspecified atom stereocenters. The second kappa shape index (κ2) is 10.2. The van der Waals surface area contributed by atoms with Crippen molar-refractivity contribution in [3.05, 3.63) is 24.4 Å². The summed E-state index contributed by atoms with van der Waals surface area (Å²) in [7, 11) is 4.96. The number of amides is 1. The van der Waals surface area contributed by atoms with Crippen LogP contribution in [-0.4, -0.2) is 57.0 Å². The fourth-order valence-electron chi connectivity index (χ4n) is 2.88. The zero-order valence-electron chi connectivity index (χ0n) is 18.2. The van der Waals surface area contributed by atoms with Crippen LogP contribution in [0.25, 0.3) is 11.4 Å². The van der Waals surface area contributed by atoms with Crippen LogP contribution in [-0.2, 0) is 18.4 Å². The van der Waals surface area contributed by atoms with E-state index in [1.165, 1.54) is 11.8 Å². The molecule has 11 heteroatoms. The normalized spacial score (nSPS) is 10.7. The number of aromatic nitrogens is 5. The van der Waals surface area contributed by atoms with Crippen LogP contribution in [0.5, 0.6) is 17.4 Å². The van der Waals surface area contributed by atoms with E-state index >= 15 is 0 Å². The average Bonchev–Trinajstić information content (AvgIpc) is 3.35. The quantitative estimate of drug-likeness (QED) is 0.474. The van der Waals surface area contributed by atoms with Gasteiger partial charge in [0.25, 0.3) is 0 Å².